The average Bonchev–Trinajstić information content (AvgIpc) is 3.22. The van der Waals surface area contributed by atoms with Crippen LogP contribution in [-0.2, 0) is 0 Å². The second-order valence-electron chi connectivity index (χ2n) is 6.54. The number of methoxy groups -OCH3 is 1. The highest BCUT2D eigenvalue weighted by molar-refractivity contribution is 7.13. The monoisotopic (exact) mass is 405 g/mol. The maximum absolute atomic E-state index is 13.0. The molecule has 0 aliphatic carbocycles. The SMILES string of the molecule is COc1cccc2cc(C(=O)Nc3nccs3)c(=Nc3cc(C)ccc3C)oc12. The van der Waals surface area contributed by atoms with Gasteiger partial charge in [0.1, 0.15) is 5.56 Å². The number of thiazole rings is 1. The molecule has 4 aromatic rings. The summed E-state index contributed by atoms with van der Waals surface area (Å²) in [5.41, 5.74) is 3.86. The van der Waals surface area contributed by atoms with E-state index in [1.807, 2.05) is 50.2 Å². The summed E-state index contributed by atoms with van der Waals surface area (Å²) < 4.78 is 11.5. The van der Waals surface area contributed by atoms with E-state index in [4.69, 9.17) is 9.15 Å². The van der Waals surface area contributed by atoms with Crippen LogP contribution in [0.5, 0.6) is 5.75 Å². The number of hydrogen-bond donors (Lipinski definition) is 1. The number of benzene rings is 2. The van der Waals surface area contributed by atoms with Crippen LogP contribution in [0.15, 0.2) is 63.5 Å². The number of anilines is 1. The highest BCUT2D eigenvalue weighted by atomic mass is 32.1. The zero-order valence-electron chi connectivity index (χ0n) is 16.2. The normalized spacial score (nSPS) is 11.6. The maximum Gasteiger partial charge on any atom is 0.262 e. The Morgan fingerprint density at radius 3 is 2.83 bits per heavy atom. The fourth-order valence-corrected chi connectivity index (χ4v) is 3.45. The number of nitrogens with zero attached hydrogens (tertiary/aromatic N) is 2. The lowest BCUT2D eigenvalue weighted by molar-refractivity contribution is 0.102. The molecule has 1 amide bonds. The molecule has 6 nitrogen and oxygen atoms in total. The maximum atomic E-state index is 13.0. The molecule has 1 N–H and O–H groups in total. The summed E-state index contributed by atoms with van der Waals surface area (Å²) in [6.07, 6.45) is 1.64. The van der Waals surface area contributed by atoms with Crippen LogP contribution in [0.25, 0.3) is 11.0 Å². The minimum atomic E-state index is -0.336. The van der Waals surface area contributed by atoms with Gasteiger partial charge in [-0.05, 0) is 43.2 Å². The van der Waals surface area contributed by atoms with Crippen molar-refractivity contribution in [3.63, 3.8) is 0 Å². The van der Waals surface area contributed by atoms with Crippen molar-refractivity contribution < 1.29 is 13.9 Å². The average molecular weight is 405 g/mol. The lowest BCUT2D eigenvalue weighted by Crippen LogP contribution is -2.21. The van der Waals surface area contributed by atoms with Gasteiger partial charge in [-0.1, -0.05) is 24.3 Å². The van der Waals surface area contributed by atoms with Gasteiger partial charge in [0.05, 0.1) is 12.8 Å². The Labute approximate surface area is 171 Å². The molecule has 0 atom stereocenters. The Bertz CT molecular complexity index is 1260. The number of nitrogens with one attached hydrogen (secondary N) is 1. The van der Waals surface area contributed by atoms with Crippen molar-refractivity contribution in [1.29, 1.82) is 0 Å². The third kappa shape index (κ3) is 3.90. The predicted molar refractivity (Wildman–Crippen MR) is 114 cm³/mol. The van der Waals surface area contributed by atoms with Gasteiger partial charge in [-0.3, -0.25) is 10.1 Å². The summed E-state index contributed by atoms with van der Waals surface area (Å²) in [7, 11) is 1.58. The summed E-state index contributed by atoms with van der Waals surface area (Å²) in [6.45, 7) is 3.96. The van der Waals surface area contributed by atoms with E-state index in [1.165, 1.54) is 11.3 Å². The predicted octanol–water partition coefficient (Wildman–Crippen LogP) is 5.00. The van der Waals surface area contributed by atoms with E-state index in [0.717, 1.165) is 22.2 Å². The zero-order valence-corrected chi connectivity index (χ0v) is 17.0. The van der Waals surface area contributed by atoms with E-state index in [0.29, 0.717) is 22.0 Å². The molecule has 4 rings (SSSR count). The van der Waals surface area contributed by atoms with Crippen molar-refractivity contribution in [2.45, 2.75) is 13.8 Å². The molecule has 0 saturated carbocycles. The van der Waals surface area contributed by atoms with Gasteiger partial charge >= 0.3 is 0 Å². The minimum Gasteiger partial charge on any atom is -0.493 e. The molecule has 0 saturated heterocycles. The van der Waals surface area contributed by atoms with Gasteiger partial charge in [0.2, 0.25) is 5.55 Å². The number of hydrogen-bond acceptors (Lipinski definition) is 6. The molecule has 146 valence electrons. The van der Waals surface area contributed by atoms with Crippen LogP contribution in [-0.4, -0.2) is 18.0 Å². The molecule has 2 aromatic heterocycles. The van der Waals surface area contributed by atoms with Crippen LogP contribution in [0.4, 0.5) is 10.8 Å². The van der Waals surface area contributed by atoms with E-state index >= 15 is 0 Å². The van der Waals surface area contributed by atoms with Crippen LogP contribution < -0.4 is 15.6 Å². The van der Waals surface area contributed by atoms with Gasteiger partial charge in [-0.2, -0.15) is 0 Å². The molecular formula is C22H19N3O3S. The molecule has 2 heterocycles. The smallest absolute Gasteiger partial charge is 0.262 e. The van der Waals surface area contributed by atoms with E-state index < -0.39 is 0 Å². The van der Waals surface area contributed by atoms with E-state index in [-0.39, 0.29) is 11.5 Å². The molecule has 0 fully saturated rings. The molecule has 0 aliphatic heterocycles. The Balaban J connectivity index is 1.95. The minimum absolute atomic E-state index is 0.213. The first-order chi connectivity index (χ1) is 14.0. The molecule has 0 aliphatic rings. The van der Waals surface area contributed by atoms with Gasteiger partial charge in [-0.15, -0.1) is 11.3 Å². The molecule has 0 unspecified atom stereocenters. The van der Waals surface area contributed by atoms with Gasteiger partial charge in [0.15, 0.2) is 16.5 Å². The van der Waals surface area contributed by atoms with Gasteiger partial charge in [0.25, 0.3) is 5.91 Å². The third-order valence-electron chi connectivity index (χ3n) is 4.44. The number of ether oxygens (including phenoxy) is 1. The van der Waals surface area contributed by atoms with Crippen molar-refractivity contribution in [1.82, 2.24) is 4.98 Å². The van der Waals surface area contributed by atoms with E-state index in [9.17, 15) is 4.79 Å². The Kier molecular flexibility index (Phi) is 5.14. The number of aryl methyl sites for hydroxylation is 2. The Morgan fingerprint density at radius 1 is 1.21 bits per heavy atom. The quantitative estimate of drug-likeness (QED) is 0.518. The fraction of sp³-hybridized carbons (Fsp3) is 0.136. The van der Waals surface area contributed by atoms with Crippen molar-refractivity contribution in [2.75, 3.05) is 12.4 Å². The zero-order chi connectivity index (χ0) is 20.4. The van der Waals surface area contributed by atoms with E-state index in [2.05, 4.69) is 15.3 Å². The number of amides is 1. The second-order valence-corrected chi connectivity index (χ2v) is 7.43. The highest BCUT2D eigenvalue weighted by Crippen LogP contribution is 2.26. The topological polar surface area (TPSA) is 76.7 Å². The Morgan fingerprint density at radius 2 is 2.07 bits per heavy atom. The highest BCUT2D eigenvalue weighted by Gasteiger charge is 2.16. The summed E-state index contributed by atoms with van der Waals surface area (Å²) in [5, 5.41) is 5.86. The molecule has 0 bridgehead atoms. The molecular weight excluding hydrogens is 386 g/mol. The first-order valence-electron chi connectivity index (χ1n) is 8.99. The van der Waals surface area contributed by atoms with Crippen LogP contribution in [0.1, 0.15) is 21.5 Å². The first-order valence-corrected chi connectivity index (χ1v) is 9.87. The largest absolute Gasteiger partial charge is 0.493 e. The molecule has 0 radical (unpaired) electrons. The van der Waals surface area contributed by atoms with Crippen molar-refractivity contribution in [3.05, 3.63) is 76.3 Å². The van der Waals surface area contributed by atoms with Crippen LogP contribution >= 0.6 is 11.3 Å². The second kappa shape index (κ2) is 7.89. The summed E-state index contributed by atoms with van der Waals surface area (Å²) >= 11 is 1.35. The number of aromatic nitrogens is 1. The summed E-state index contributed by atoms with van der Waals surface area (Å²) in [4.78, 5) is 21.8. The number of rotatable bonds is 4. The lowest BCUT2D eigenvalue weighted by Gasteiger charge is -2.08. The first kappa shape index (κ1) is 18.9. The Hall–Kier alpha value is -3.45. The number of carbonyl (C=O) groups is 1. The molecule has 7 heteroatoms. The van der Waals surface area contributed by atoms with Crippen LogP contribution in [0.2, 0.25) is 0 Å². The van der Waals surface area contributed by atoms with Crippen molar-refractivity contribution >= 4 is 39.0 Å². The van der Waals surface area contributed by atoms with Crippen LogP contribution in [0, 0.1) is 13.8 Å². The van der Waals surface area contributed by atoms with Crippen LogP contribution in [0.3, 0.4) is 0 Å². The molecule has 2 aromatic carbocycles. The standard InChI is InChI=1S/C22H19N3O3S/c1-13-7-8-14(2)17(11-13)24-21-16(20(26)25-22-23-9-10-29-22)12-15-5-4-6-18(27-3)19(15)28-21/h4-12H,1-3H3,(H,23,25,26). The van der Waals surface area contributed by atoms with E-state index in [1.54, 1.807) is 24.8 Å². The third-order valence-corrected chi connectivity index (χ3v) is 5.13. The lowest BCUT2D eigenvalue weighted by atomic mass is 10.1. The van der Waals surface area contributed by atoms with Gasteiger partial charge in [0, 0.05) is 17.0 Å². The number of carbonyl (C=O) groups excluding carboxylic acids is 1. The van der Waals surface area contributed by atoms with Gasteiger partial charge < -0.3 is 9.15 Å². The number of para-hydroxylation sites is 1. The summed E-state index contributed by atoms with van der Waals surface area (Å²) in [6, 6.07) is 13.2. The van der Waals surface area contributed by atoms with Crippen molar-refractivity contribution in [3.8, 4) is 5.75 Å². The number of fused-ring (bicyclic) bond motifs is 1. The molecule has 0 spiro atoms. The van der Waals surface area contributed by atoms with Gasteiger partial charge in [-0.25, -0.2) is 9.98 Å². The van der Waals surface area contributed by atoms with Crippen molar-refractivity contribution in [2.24, 2.45) is 4.99 Å². The molecule has 29 heavy (non-hydrogen) atoms. The summed E-state index contributed by atoms with van der Waals surface area (Å²) in [5.74, 6) is 0.240. The fourth-order valence-electron chi connectivity index (χ4n) is 2.93.